The molecule has 1 atom stereocenters. The number of aliphatic hydroxyl groups excluding tert-OH is 1. The second kappa shape index (κ2) is 12.6. The summed E-state index contributed by atoms with van der Waals surface area (Å²) in [5.41, 5.74) is 2.75. The minimum atomic E-state index is -0.930. The smallest absolute Gasteiger partial charge is 0.291 e. The van der Waals surface area contributed by atoms with Gasteiger partial charge in [-0.05, 0) is 55.8 Å². The zero-order valence-electron chi connectivity index (χ0n) is 20.5. The van der Waals surface area contributed by atoms with Gasteiger partial charge in [0.2, 0.25) is 0 Å². The lowest BCUT2D eigenvalue weighted by molar-refractivity contribution is 0.0991. The summed E-state index contributed by atoms with van der Waals surface area (Å²) in [6, 6.07) is 17.1. The van der Waals surface area contributed by atoms with Crippen LogP contribution in [-0.2, 0) is 10.7 Å². The molecule has 2 aromatic carbocycles. The first kappa shape index (κ1) is 26.5. The number of rotatable bonds is 7. The molecular formula is C29H25N3O5S. The largest absolute Gasteiger partial charge is 0.507 e. The molecule has 8 nitrogen and oxygen atoms in total. The van der Waals surface area contributed by atoms with E-state index in [4.69, 9.17) is 4.42 Å². The molecule has 192 valence electrons. The predicted octanol–water partition coefficient (Wildman–Crippen LogP) is 4.72. The van der Waals surface area contributed by atoms with Crippen LogP contribution in [0.3, 0.4) is 0 Å². The molecule has 2 aromatic heterocycles. The van der Waals surface area contributed by atoms with Crippen molar-refractivity contribution in [1.29, 1.82) is 0 Å². The predicted molar refractivity (Wildman–Crippen MR) is 145 cm³/mol. The molecular weight excluding hydrogens is 502 g/mol. The van der Waals surface area contributed by atoms with Crippen LogP contribution in [0.15, 0.2) is 93.0 Å². The molecule has 0 spiro atoms. The molecule has 0 radical (unpaired) electrons. The SMILES string of the molecule is Cc1ccoc1C(=O)Nc1cccc(C#Cc2cncc(C(=O)N=S(CCCO)c3ccccc3O)c2)c1. The topological polar surface area (TPSA) is 125 Å². The van der Waals surface area contributed by atoms with Gasteiger partial charge in [-0.15, -0.1) is 0 Å². The Bertz CT molecular complexity index is 1570. The van der Waals surface area contributed by atoms with E-state index >= 15 is 0 Å². The van der Waals surface area contributed by atoms with Gasteiger partial charge in [0, 0.05) is 47.1 Å². The summed E-state index contributed by atoms with van der Waals surface area (Å²) < 4.78 is 9.56. The first-order chi connectivity index (χ1) is 18.4. The molecule has 9 heteroatoms. The van der Waals surface area contributed by atoms with E-state index in [1.54, 1.807) is 73.8 Å². The average Bonchev–Trinajstić information content (AvgIpc) is 3.36. The fraction of sp³-hybridized carbons (Fsp3) is 0.138. The van der Waals surface area contributed by atoms with Crippen molar-refractivity contribution in [1.82, 2.24) is 4.98 Å². The van der Waals surface area contributed by atoms with E-state index in [0.717, 1.165) is 5.56 Å². The van der Waals surface area contributed by atoms with Gasteiger partial charge in [-0.25, -0.2) is 0 Å². The number of aryl methyl sites for hydroxylation is 1. The van der Waals surface area contributed by atoms with E-state index in [1.807, 2.05) is 0 Å². The fourth-order valence-electron chi connectivity index (χ4n) is 3.45. The van der Waals surface area contributed by atoms with Gasteiger partial charge < -0.3 is 19.9 Å². The van der Waals surface area contributed by atoms with Crippen LogP contribution in [-0.4, -0.2) is 39.4 Å². The molecule has 0 fully saturated rings. The molecule has 4 aromatic rings. The number of furan rings is 1. The van der Waals surface area contributed by atoms with Crippen LogP contribution in [0.25, 0.3) is 0 Å². The molecule has 2 heterocycles. The Kier molecular flexibility index (Phi) is 8.82. The van der Waals surface area contributed by atoms with Crippen molar-refractivity contribution in [2.24, 2.45) is 4.36 Å². The Morgan fingerprint density at radius 2 is 1.87 bits per heavy atom. The molecule has 0 aliphatic carbocycles. The molecule has 0 saturated carbocycles. The number of carbonyl (C=O) groups is 2. The third kappa shape index (κ3) is 6.82. The van der Waals surface area contributed by atoms with Crippen LogP contribution >= 0.6 is 0 Å². The normalized spacial score (nSPS) is 11.4. The van der Waals surface area contributed by atoms with E-state index in [1.165, 1.54) is 12.5 Å². The fourth-order valence-corrected chi connectivity index (χ4v) is 5.12. The van der Waals surface area contributed by atoms with Gasteiger partial charge in [0.1, 0.15) is 5.75 Å². The summed E-state index contributed by atoms with van der Waals surface area (Å²) >= 11 is 0. The van der Waals surface area contributed by atoms with Crippen molar-refractivity contribution in [2.45, 2.75) is 18.2 Å². The number of para-hydroxylation sites is 1. The minimum Gasteiger partial charge on any atom is -0.507 e. The zero-order valence-corrected chi connectivity index (χ0v) is 21.4. The van der Waals surface area contributed by atoms with E-state index in [9.17, 15) is 19.8 Å². The summed E-state index contributed by atoms with van der Waals surface area (Å²) in [6.45, 7) is 1.75. The lowest BCUT2D eigenvalue weighted by atomic mass is 10.1. The maximum absolute atomic E-state index is 13.0. The zero-order chi connectivity index (χ0) is 26.9. The van der Waals surface area contributed by atoms with Gasteiger partial charge in [0.15, 0.2) is 5.76 Å². The number of phenols is 1. The average molecular weight is 528 g/mol. The third-order valence-electron chi connectivity index (χ3n) is 5.33. The van der Waals surface area contributed by atoms with Gasteiger partial charge in [0.25, 0.3) is 11.8 Å². The van der Waals surface area contributed by atoms with Crippen molar-refractivity contribution < 1.29 is 24.2 Å². The van der Waals surface area contributed by atoms with Gasteiger partial charge in [-0.1, -0.05) is 40.7 Å². The highest BCUT2D eigenvalue weighted by atomic mass is 32.2. The Labute approximate surface area is 222 Å². The van der Waals surface area contributed by atoms with Gasteiger partial charge in [-0.2, -0.15) is 4.36 Å². The van der Waals surface area contributed by atoms with Gasteiger partial charge in [-0.3, -0.25) is 14.6 Å². The summed E-state index contributed by atoms with van der Waals surface area (Å²) in [6.07, 6.45) is 4.87. The molecule has 38 heavy (non-hydrogen) atoms. The summed E-state index contributed by atoms with van der Waals surface area (Å²) in [7, 11) is -0.930. The number of carbonyl (C=O) groups excluding carboxylic acids is 2. The molecule has 0 bridgehead atoms. The lowest BCUT2D eigenvalue weighted by Gasteiger charge is -2.09. The second-order valence-electron chi connectivity index (χ2n) is 8.19. The van der Waals surface area contributed by atoms with Crippen LogP contribution < -0.4 is 5.32 Å². The minimum absolute atomic E-state index is 0.0409. The highest BCUT2D eigenvalue weighted by Crippen LogP contribution is 2.23. The molecule has 0 saturated heterocycles. The van der Waals surface area contributed by atoms with Crippen molar-refractivity contribution in [3.05, 3.63) is 107 Å². The van der Waals surface area contributed by atoms with Crippen LogP contribution in [0.4, 0.5) is 5.69 Å². The highest BCUT2D eigenvalue weighted by Gasteiger charge is 2.13. The van der Waals surface area contributed by atoms with Crippen molar-refractivity contribution in [3.8, 4) is 17.6 Å². The van der Waals surface area contributed by atoms with E-state index < -0.39 is 16.6 Å². The van der Waals surface area contributed by atoms with Crippen LogP contribution in [0.5, 0.6) is 5.75 Å². The van der Waals surface area contributed by atoms with Crippen molar-refractivity contribution >= 4 is 28.2 Å². The summed E-state index contributed by atoms with van der Waals surface area (Å²) in [4.78, 5) is 30.1. The Morgan fingerprint density at radius 1 is 1.05 bits per heavy atom. The number of nitrogens with one attached hydrogen (secondary N) is 1. The summed E-state index contributed by atoms with van der Waals surface area (Å²) in [5.74, 6) is 5.92. The van der Waals surface area contributed by atoms with E-state index in [0.29, 0.717) is 33.9 Å². The van der Waals surface area contributed by atoms with Crippen LogP contribution in [0, 0.1) is 18.8 Å². The Hall–Kier alpha value is -4.52. The van der Waals surface area contributed by atoms with E-state index in [-0.39, 0.29) is 29.6 Å². The van der Waals surface area contributed by atoms with Crippen LogP contribution in [0.2, 0.25) is 0 Å². The number of aromatic nitrogens is 1. The second-order valence-corrected chi connectivity index (χ2v) is 9.95. The Morgan fingerprint density at radius 3 is 2.63 bits per heavy atom. The maximum Gasteiger partial charge on any atom is 0.291 e. The van der Waals surface area contributed by atoms with Crippen LogP contribution in [0.1, 0.15) is 44.0 Å². The molecule has 4 rings (SSSR count). The van der Waals surface area contributed by atoms with Gasteiger partial charge >= 0.3 is 0 Å². The number of nitrogens with zero attached hydrogens (tertiary/aromatic N) is 2. The number of amides is 2. The number of aliphatic hydroxyl groups is 1. The number of anilines is 1. The lowest BCUT2D eigenvalue weighted by Crippen LogP contribution is -2.12. The first-order valence-corrected chi connectivity index (χ1v) is 13.1. The standard InChI is InChI=1S/C29H25N3O5S/c1-20-12-14-37-27(20)29(36)31-24-7-4-6-21(17-24)10-11-22-16-23(19-30-18-22)28(35)32-38(15-5-13-33)26-9-3-2-8-25(26)34/h2-4,6-9,12,14,16-19,33-34H,5,13,15H2,1H3,(H,31,36). The molecule has 0 aliphatic rings. The highest BCUT2D eigenvalue weighted by molar-refractivity contribution is 7.87. The van der Waals surface area contributed by atoms with Crippen molar-refractivity contribution in [3.63, 3.8) is 0 Å². The summed E-state index contributed by atoms with van der Waals surface area (Å²) in [5, 5.41) is 22.3. The number of hydrogen-bond donors (Lipinski definition) is 3. The Balaban J connectivity index is 1.53. The quantitative estimate of drug-likeness (QED) is 0.299. The van der Waals surface area contributed by atoms with Gasteiger partial charge in [0.05, 0.1) is 16.7 Å². The molecule has 2 amide bonds. The molecule has 1 unspecified atom stereocenters. The number of phenolic OH excluding ortho intramolecular Hbond substituents is 1. The maximum atomic E-state index is 13.0. The number of pyridine rings is 1. The first-order valence-electron chi connectivity index (χ1n) is 11.7. The molecule has 0 aliphatic heterocycles. The third-order valence-corrected chi connectivity index (χ3v) is 7.25. The van der Waals surface area contributed by atoms with Crippen molar-refractivity contribution in [2.75, 3.05) is 17.7 Å². The monoisotopic (exact) mass is 527 g/mol. The number of aromatic hydroxyl groups is 1. The number of benzene rings is 2. The van der Waals surface area contributed by atoms with E-state index in [2.05, 4.69) is 26.5 Å². The molecule has 3 N–H and O–H groups in total. The number of hydrogen-bond acceptors (Lipinski definition) is 6.